The molecule has 0 aliphatic carbocycles. The number of nitrogen functional groups attached to an aromatic ring is 1. The van der Waals surface area contributed by atoms with Gasteiger partial charge in [-0.2, -0.15) is 0 Å². The maximum absolute atomic E-state index is 14.0. The number of phosphoric acid groups is 1. The number of anilines is 1. The smallest absolute Gasteiger partial charge is 0.393 e. The first-order valence-corrected chi connectivity index (χ1v) is 17.2. The van der Waals surface area contributed by atoms with Crippen molar-refractivity contribution < 1.29 is 71.8 Å². The Balaban J connectivity index is 1.46. The van der Waals surface area contributed by atoms with Crippen molar-refractivity contribution in [3.63, 3.8) is 0 Å². The van der Waals surface area contributed by atoms with E-state index in [2.05, 4.69) is 25.4 Å². The molecule has 4 rings (SSSR count). The second-order valence-electron chi connectivity index (χ2n) is 9.45. The molecule has 43 heavy (non-hydrogen) atoms. The summed E-state index contributed by atoms with van der Waals surface area (Å²) in [6, 6.07) is 0. The Kier molecular flexibility index (Phi) is 10.8. The van der Waals surface area contributed by atoms with E-state index in [-0.39, 0.29) is 5.82 Å². The molecule has 2 aliphatic heterocycles. The number of ether oxygens (including phenoxy) is 3. The van der Waals surface area contributed by atoms with Gasteiger partial charge in [-0.1, -0.05) is 6.08 Å². The van der Waals surface area contributed by atoms with Crippen molar-refractivity contribution in [2.45, 2.75) is 60.8 Å². The van der Waals surface area contributed by atoms with Crippen LogP contribution in [0, 0.1) is 0 Å². The second-order valence-corrected chi connectivity index (χ2v) is 14.7. The molecule has 0 bridgehead atoms. The fourth-order valence-electron chi connectivity index (χ4n) is 4.70. The molecule has 0 spiro atoms. The number of alkyl halides is 1. The molecule has 2 aromatic heterocycles. The monoisotopic (exact) mass is 693 g/mol. The highest BCUT2D eigenvalue weighted by atomic mass is 32.5. The van der Waals surface area contributed by atoms with E-state index in [4.69, 9.17) is 41.4 Å². The Hall–Kier alpha value is -1.13. The average Bonchev–Trinajstić information content (AvgIpc) is 3.50. The van der Waals surface area contributed by atoms with E-state index in [9.17, 15) is 39.2 Å². The van der Waals surface area contributed by atoms with Crippen molar-refractivity contribution in [1.82, 2.24) is 9.97 Å². The largest absolute Gasteiger partial charge is 0.481 e. The lowest BCUT2D eigenvalue weighted by Crippen LogP contribution is -2.60. The van der Waals surface area contributed by atoms with E-state index in [1.54, 1.807) is 5.38 Å². The van der Waals surface area contributed by atoms with Crippen LogP contribution in [-0.2, 0) is 43.9 Å². The van der Waals surface area contributed by atoms with Crippen LogP contribution in [0.15, 0.2) is 24.4 Å². The highest BCUT2D eigenvalue weighted by Crippen LogP contribution is 2.62. The standard InChI is InChI=1S/C21H30FN3O14P2S2/c1-3-21(34-2)17(30)10(36-18(21)8-6-43-16-11(8)24-7-25-19(16)23)5-35-41(33,42)39-40(31,32)38-20-14(29)12(27)13(28)15(37-20)9(22)4-26/h3,6-7,9-10,12-15,17-18,20,26-30H,1,4-5H2,2H3,(H,31,32)(H,33,42)(H2,23,24,25)/t9-,10+,12?,13?,14?,15?,17+,18-,20?,21+,41?/m0/s1. The summed E-state index contributed by atoms with van der Waals surface area (Å²) in [7, 11) is -4.19. The molecule has 7 unspecified atom stereocenters. The molecule has 9 N–H and O–H groups in total. The molecular formula is C21H30FN3O14P2S2. The third-order valence-electron chi connectivity index (χ3n) is 6.88. The van der Waals surface area contributed by atoms with Crippen LogP contribution in [-0.4, -0.2) is 120 Å². The van der Waals surface area contributed by atoms with Crippen LogP contribution in [0.4, 0.5) is 10.2 Å². The lowest BCUT2D eigenvalue weighted by atomic mass is 9.87. The minimum absolute atomic E-state index is 0.223. The van der Waals surface area contributed by atoms with Crippen molar-refractivity contribution in [2.24, 2.45) is 0 Å². The molecular weight excluding hydrogens is 663 g/mol. The molecule has 22 heteroatoms. The van der Waals surface area contributed by atoms with Gasteiger partial charge in [-0.15, -0.1) is 17.9 Å². The third kappa shape index (κ3) is 6.86. The first-order valence-electron chi connectivity index (χ1n) is 12.3. The van der Waals surface area contributed by atoms with Crippen molar-refractivity contribution >= 4 is 53.7 Å². The van der Waals surface area contributed by atoms with Crippen molar-refractivity contribution in [3.8, 4) is 0 Å². The molecule has 0 amide bonds. The predicted octanol–water partition coefficient (Wildman–Crippen LogP) is -0.850. The molecule has 2 aromatic rings. The normalized spacial score (nSPS) is 36.7. The van der Waals surface area contributed by atoms with Crippen LogP contribution in [0.1, 0.15) is 11.7 Å². The fourth-order valence-corrected chi connectivity index (χ4v) is 8.73. The number of aliphatic hydroxyl groups excluding tert-OH is 5. The number of hydrogen-bond donors (Lipinski definition) is 8. The minimum Gasteiger partial charge on any atom is -0.393 e. The quantitative estimate of drug-likeness (QED) is 0.0994. The van der Waals surface area contributed by atoms with Gasteiger partial charge >= 0.3 is 14.5 Å². The van der Waals surface area contributed by atoms with Gasteiger partial charge in [-0.25, -0.2) is 23.2 Å². The number of methoxy groups -OCH3 is 1. The number of rotatable bonds is 12. The molecule has 0 saturated carbocycles. The van der Waals surface area contributed by atoms with Crippen LogP contribution >= 0.6 is 25.9 Å². The highest BCUT2D eigenvalue weighted by molar-refractivity contribution is 8.08. The van der Waals surface area contributed by atoms with Gasteiger partial charge in [0.15, 0.2) is 12.5 Å². The van der Waals surface area contributed by atoms with Crippen LogP contribution in [0.3, 0.4) is 0 Å². The van der Waals surface area contributed by atoms with Crippen molar-refractivity contribution in [2.75, 3.05) is 26.1 Å². The third-order valence-corrected chi connectivity index (χ3v) is 11.4. The van der Waals surface area contributed by atoms with Gasteiger partial charge in [-0.3, -0.25) is 4.52 Å². The molecule has 0 aromatic carbocycles. The highest BCUT2D eigenvalue weighted by Gasteiger charge is 2.57. The molecule has 2 fully saturated rings. The number of nitrogens with zero attached hydrogens (tertiary/aromatic N) is 2. The van der Waals surface area contributed by atoms with Crippen LogP contribution in [0.5, 0.6) is 0 Å². The number of hydrogen-bond acceptors (Lipinski definition) is 17. The lowest BCUT2D eigenvalue weighted by molar-refractivity contribution is -0.287. The van der Waals surface area contributed by atoms with Gasteiger partial charge < -0.3 is 59.8 Å². The Morgan fingerprint density at radius 3 is 2.58 bits per heavy atom. The molecule has 4 heterocycles. The number of halogens is 1. The summed E-state index contributed by atoms with van der Waals surface area (Å²) < 4.78 is 58.0. The molecule has 2 saturated heterocycles. The lowest BCUT2D eigenvalue weighted by Gasteiger charge is -2.41. The topological polar surface area (TPSA) is 266 Å². The van der Waals surface area contributed by atoms with Gasteiger partial charge in [0.2, 0.25) is 0 Å². The summed E-state index contributed by atoms with van der Waals surface area (Å²) in [5.74, 6) is 0.223. The van der Waals surface area contributed by atoms with Gasteiger partial charge in [-0.05, 0) is 17.2 Å². The SMILES string of the molecule is C=C[C@@]1(OC)[C@H](O)[C@@H](COP(O)(=S)OP(=O)(O)OC2OC([C@@H](F)CO)C(O)C(O)C2O)O[C@H]1c1csc2c(N)ncnc12. The number of aliphatic hydroxyl groups is 5. The molecule has 242 valence electrons. The van der Waals surface area contributed by atoms with Crippen molar-refractivity contribution in [1.29, 1.82) is 0 Å². The predicted molar refractivity (Wildman–Crippen MR) is 148 cm³/mol. The number of nitrogens with two attached hydrogens (primary N) is 1. The molecule has 0 radical (unpaired) electrons. The number of fused-ring (bicyclic) bond motifs is 1. The first kappa shape index (κ1) is 34.7. The second kappa shape index (κ2) is 13.3. The summed E-state index contributed by atoms with van der Waals surface area (Å²) in [6.45, 7) is -2.82. The van der Waals surface area contributed by atoms with E-state index in [1.807, 2.05) is 0 Å². The summed E-state index contributed by atoms with van der Waals surface area (Å²) in [6.07, 6.45) is -14.1. The number of thiophene rings is 1. The van der Waals surface area contributed by atoms with Gasteiger partial charge in [0.25, 0.3) is 0 Å². The van der Waals surface area contributed by atoms with E-state index < -0.39 is 88.5 Å². The molecule has 12 atom stereocenters. The first-order chi connectivity index (χ1) is 20.1. The van der Waals surface area contributed by atoms with Crippen molar-refractivity contribution in [3.05, 3.63) is 29.9 Å². The van der Waals surface area contributed by atoms with Gasteiger partial charge in [0, 0.05) is 12.7 Å². The van der Waals surface area contributed by atoms with Gasteiger partial charge in [0.1, 0.15) is 60.5 Å². The summed E-state index contributed by atoms with van der Waals surface area (Å²) >= 11 is 6.02. The minimum atomic E-state index is -5.49. The summed E-state index contributed by atoms with van der Waals surface area (Å²) in [5, 5.41) is 51.7. The van der Waals surface area contributed by atoms with E-state index in [1.165, 1.54) is 30.8 Å². The Morgan fingerprint density at radius 1 is 1.26 bits per heavy atom. The number of phosphoric ester groups is 1. The van der Waals surface area contributed by atoms with E-state index >= 15 is 0 Å². The van der Waals surface area contributed by atoms with Crippen LogP contribution < -0.4 is 5.73 Å². The molecule has 2 aliphatic rings. The maximum atomic E-state index is 14.0. The zero-order chi connectivity index (χ0) is 31.9. The Labute approximate surface area is 252 Å². The Bertz CT molecular complexity index is 1410. The van der Waals surface area contributed by atoms with Crippen LogP contribution in [0.25, 0.3) is 10.2 Å². The summed E-state index contributed by atoms with van der Waals surface area (Å²) in [5.41, 5.74) is 5.27. The molecule has 17 nitrogen and oxygen atoms in total. The average molecular weight is 694 g/mol. The zero-order valence-electron chi connectivity index (χ0n) is 22.1. The fraction of sp³-hybridized carbons (Fsp3) is 0.619. The number of aromatic nitrogens is 2. The Morgan fingerprint density at radius 2 is 1.95 bits per heavy atom. The maximum Gasteiger partial charge on any atom is 0.481 e. The summed E-state index contributed by atoms with van der Waals surface area (Å²) in [4.78, 5) is 28.8. The van der Waals surface area contributed by atoms with E-state index in [0.717, 1.165) is 0 Å². The van der Waals surface area contributed by atoms with Gasteiger partial charge in [0.05, 0.1) is 23.4 Å². The van der Waals surface area contributed by atoms with Crippen LogP contribution in [0.2, 0.25) is 0 Å². The van der Waals surface area contributed by atoms with E-state index in [0.29, 0.717) is 15.8 Å². The zero-order valence-corrected chi connectivity index (χ0v) is 25.5.